The fourth-order valence-electron chi connectivity index (χ4n) is 0.868. The van der Waals surface area contributed by atoms with Crippen molar-refractivity contribution in [2.24, 2.45) is 7.05 Å². The van der Waals surface area contributed by atoms with Gasteiger partial charge in [0.2, 0.25) is 0 Å². The molecule has 0 fully saturated rings. The molecule has 3 nitrogen and oxygen atoms in total. The number of aromatic nitrogens is 2. The van der Waals surface area contributed by atoms with Crippen LogP contribution in [0.5, 0.6) is 0 Å². The molecule has 11 heavy (non-hydrogen) atoms. The van der Waals surface area contributed by atoms with Gasteiger partial charge in [0.05, 0.1) is 18.1 Å². The molecule has 0 aromatic carbocycles. The van der Waals surface area contributed by atoms with E-state index in [1.165, 1.54) is 0 Å². The molecule has 0 aliphatic carbocycles. The van der Waals surface area contributed by atoms with Crippen molar-refractivity contribution in [3.05, 3.63) is 18.2 Å². The number of rotatable bonds is 3. The van der Waals surface area contributed by atoms with Gasteiger partial charge < -0.3 is 9.67 Å². The minimum absolute atomic E-state index is 0.260. The van der Waals surface area contributed by atoms with E-state index in [4.69, 9.17) is 16.7 Å². The Kier molecular flexibility index (Phi) is 2.91. The fraction of sp³-hybridized carbons (Fsp3) is 0.571. The van der Waals surface area contributed by atoms with Crippen LogP contribution in [0.4, 0.5) is 0 Å². The number of halogens is 1. The molecule has 1 unspecified atom stereocenters. The Morgan fingerprint density at radius 2 is 2.55 bits per heavy atom. The van der Waals surface area contributed by atoms with Crippen molar-refractivity contribution in [3.8, 4) is 0 Å². The Morgan fingerprint density at radius 1 is 1.82 bits per heavy atom. The van der Waals surface area contributed by atoms with Gasteiger partial charge in [0.15, 0.2) is 0 Å². The highest BCUT2D eigenvalue weighted by molar-refractivity contribution is 6.18. The maximum Gasteiger partial charge on any atom is 0.0946 e. The Morgan fingerprint density at radius 3 is 3.00 bits per heavy atom. The maximum absolute atomic E-state index is 9.14. The van der Waals surface area contributed by atoms with Crippen molar-refractivity contribution in [2.75, 3.05) is 5.88 Å². The molecule has 0 saturated carbocycles. The van der Waals surface area contributed by atoms with Crippen LogP contribution in [-0.2, 0) is 13.5 Å². The molecule has 0 amide bonds. The van der Waals surface area contributed by atoms with Crippen LogP contribution < -0.4 is 0 Å². The lowest BCUT2D eigenvalue weighted by molar-refractivity contribution is 0.197. The van der Waals surface area contributed by atoms with Gasteiger partial charge in [-0.15, -0.1) is 11.6 Å². The van der Waals surface area contributed by atoms with E-state index in [9.17, 15) is 0 Å². The molecule has 0 aliphatic heterocycles. The number of nitrogens with zero attached hydrogens (tertiary/aromatic N) is 2. The zero-order valence-corrected chi connectivity index (χ0v) is 7.12. The van der Waals surface area contributed by atoms with Crippen LogP contribution in [0.3, 0.4) is 0 Å². The first-order valence-electron chi connectivity index (χ1n) is 3.43. The third kappa shape index (κ3) is 2.52. The van der Waals surface area contributed by atoms with Crippen molar-refractivity contribution in [1.29, 1.82) is 0 Å². The van der Waals surface area contributed by atoms with E-state index < -0.39 is 6.10 Å². The molecule has 0 aliphatic rings. The van der Waals surface area contributed by atoms with E-state index in [-0.39, 0.29) is 5.88 Å². The molecule has 62 valence electrons. The third-order valence-electron chi connectivity index (χ3n) is 1.38. The lowest BCUT2D eigenvalue weighted by Gasteiger charge is -2.01. The predicted molar refractivity (Wildman–Crippen MR) is 43.6 cm³/mol. The van der Waals surface area contributed by atoms with Gasteiger partial charge in [-0.2, -0.15) is 0 Å². The first-order valence-corrected chi connectivity index (χ1v) is 3.96. The summed E-state index contributed by atoms with van der Waals surface area (Å²) in [5.74, 6) is 0.260. The lowest BCUT2D eigenvalue weighted by Crippen LogP contribution is -2.11. The van der Waals surface area contributed by atoms with Gasteiger partial charge in [-0.25, -0.2) is 4.98 Å². The summed E-state index contributed by atoms with van der Waals surface area (Å²) in [6, 6.07) is 0. The molecule has 0 bridgehead atoms. The van der Waals surface area contributed by atoms with E-state index in [2.05, 4.69) is 4.98 Å². The van der Waals surface area contributed by atoms with Gasteiger partial charge in [-0.3, -0.25) is 0 Å². The molecule has 4 heteroatoms. The predicted octanol–water partition coefficient (Wildman–Crippen LogP) is 0.562. The zero-order chi connectivity index (χ0) is 8.27. The molecule has 1 aromatic rings. The summed E-state index contributed by atoms with van der Waals surface area (Å²) in [5, 5.41) is 9.14. The number of hydrogen-bond acceptors (Lipinski definition) is 2. The SMILES string of the molecule is Cn1cnc(CC(O)CCl)c1. The van der Waals surface area contributed by atoms with Crippen LogP contribution in [0.25, 0.3) is 0 Å². The molecule has 1 atom stereocenters. The van der Waals surface area contributed by atoms with Crippen LogP contribution in [-0.4, -0.2) is 26.6 Å². The Hall–Kier alpha value is -0.540. The van der Waals surface area contributed by atoms with Crippen LogP contribution in [0, 0.1) is 0 Å². The van der Waals surface area contributed by atoms with Crippen molar-refractivity contribution in [3.63, 3.8) is 0 Å². The number of aliphatic hydroxyl groups excluding tert-OH is 1. The summed E-state index contributed by atoms with van der Waals surface area (Å²) in [5.41, 5.74) is 0.876. The number of hydrogen-bond donors (Lipinski definition) is 1. The normalized spacial score (nSPS) is 13.4. The highest BCUT2D eigenvalue weighted by Gasteiger charge is 2.04. The van der Waals surface area contributed by atoms with Crippen LogP contribution in [0.1, 0.15) is 5.69 Å². The van der Waals surface area contributed by atoms with Gasteiger partial charge in [0, 0.05) is 25.5 Å². The zero-order valence-electron chi connectivity index (χ0n) is 6.37. The number of imidazole rings is 1. The number of aliphatic hydroxyl groups is 1. The van der Waals surface area contributed by atoms with Gasteiger partial charge in [-0.05, 0) is 0 Å². The second-order valence-electron chi connectivity index (χ2n) is 2.54. The summed E-state index contributed by atoms with van der Waals surface area (Å²) >= 11 is 5.42. The highest BCUT2D eigenvalue weighted by atomic mass is 35.5. The Bertz CT molecular complexity index is 224. The summed E-state index contributed by atoms with van der Waals surface area (Å²) in [6.07, 6.45) is 3.63. The van der Waals surface area contributed by atoms with Gasteiger partial charge in [-0.1, -0.05) is 0 Å². The Balaban J connectivity index is 2.50. The first kappa shape index (κ1) is 8.56. The van der Waals surface area contributed by atoms with E-state index in [1.807, 2.05) is 17.8 Å². The minimum atomic E-state index is -0.480. The standard InChI is InChI=1S/C7H11ClN2O/c1-10-4-6(9-5-10)2-7(11)3-8/h4-5,7,11H,2-3H2,1H3. The fourth-order valence-corrected chi connectivity index (χ4v) is 0.977. The van der Waals surface area contributed by atoms with E-state index in [1.54, 1.807) is 6.33 Å². The van der Waals surface area contributed by atoms with E-state index >= 15 is 0 Å². The van der Waals surface area contributed by atoms with Crippen molar-refractivity contribution in [1.82, 2.24) is 9.55 Å². The number of aryl methyl sites for hydroxylation is 1. The molecular weight excluding hydrogens is 164 g/mol. The average Bonchev–Trinajstić information content (AvgIpc) is 2.35. The average molecular weight is 175 g/mol. The quantitative estimate of drug-likeness (QED) is 0.681. The van der Waals surface area contributed by atoms with Crippen molar-refractivity contribution < 1.29 is 5.11 Å². The molecule has 0 spiro atoms. The third-order valence-corrected chi connectivity index (χ3v) is 1.74. The molecular formula is C7H11ClN2O. The molecule has 1 heterocycles. The Labute approximate surface area is 70.6 Å². The lowest BCUT2D eigenvalue weighted by atomic mass is 10.2. The first-order chi connectivity index (χ1) is 5.22. The molecule has 0 radical (unpaired) electrons. The van der Waals surface area contributed by atoms with Crippen molar-refractivity contribution in [2.45, 2.75) is 12.5 Å². The van der Waals surface area contributed by atoms with Gasteiger partial charge in [0.1, 0.15) is 0 Å². The van der Waals surface area contributed by atoms with E-state index in [0.717, 1.165) is 5.69 Å². The minimum Gasteiger partial charge on any atom is -0.391 e. The highest BCUT2D eigenvalue weighted by Crippen LogP contribution is 2.00. The molecule has 1 aromatic heterocycles. The monoisotopic (exact) mass is 174 g/mol. The van der Waals surface area contributed by atoms with Crippen molar-refractivity contribution >= 4 is 11.6 Å². The number of alkyl halides is 1. The molecule has 1 rings (SSSR count). The van der Waals surface area contributed by atoms with Gasteiger partial charge >= 0.3 is 0 Å². The van der Waals surface area contributed by atoms with Crippen LogP contribution >= 0.6 is 11.6 Å². The van der Waals surface area contributed by atoms with E-state index in [0.29, 0.717) is 6.42 Å². The molecule has 0 saturated heterocycles. The largest absolute Gasteiger partial charge is 0.391 e. The second-order valence-corrected chi connectivity index (χ2v) is 2.85. The van der Waals surface area contributed by atoms with Crippen LogP contribution in [0.15, 0.2) is 12.5 Å². The van der Waals surface area contributed by atoms with Gasteiger partial charge in [0.25, 0.3) is 0 Å². The maximum atomic E-state index is 9.14. The van der Waals surface area contributed by atoms with Crippen LogP contribution in [0.2, 0.25) is 0 Å². The summed E-state index contributed by atoms with van der Waals surface area (Å²) < 4.78 is 1.84. The smallest absolute Gasteiger partial charge is 0.0946 e. The summed E-state index contributed by atoms with van der Waals surface area (Å²) in [4.78, 5) is 4.05. The topological polar surface area (TPSA) is 38.0 Å². The second kappa shape index (κ2) is 3.74. The molecule has 1 N–H and O–H groups in total. The summed E-state index contributed by atoms with van der Waals surface area (Å²) in [6.45, 7) is 0. The summed E-state index contributed by atoms with van der Waals surface area (Å²) in [7, 11) is 1.89.